The minimum Gasteiger partial charge on any atom is -0.497 e. The van der Waals surface area contributed by atoms with Gasteiger partial charge in [-0.05, 0) is 17.7 Å². The molecule has 1 aliphatic rings. The average Bonchev–Trinajstić information content (AvgIpc) is 2.74. The number of carbonyl (C=O) groups is 2. The molecular formula is C18H25NO10. The van der Waals surface area contributed by atoms with Crippen molar-refractivity contribution in [3.8, 4) is 5.75 Å². The normalized spacial score (nSPS) is 32.0. The molecule has 29 heavy (non-hydrogen) atoms. The highest BCUT2D eigenvalue weighted by Crippen LogP contribution is 2.42. The molecule has 1 heterocycles. The Morgan fingerprint density at radius 3 is 2.66 bits per heavy atom. The topological polar surface area (TPSA) is 186 Å². The lowest BCUT2D eigenvalue weighted by atomic mass is 9.76. The maximum Gasteiger partial charge on any atom is 0.365 e. The van der Waals surface area contributed by atoms with E-state index in [1.54, 1.807) is 6.07 Å². The van der Waals surface area contributed by atoms with Crippen LogP contribution in [-0.2, 0) is 14.3 Å². The van der Waals surface area contributed by atoms with Crippen molar-refractivity contribution in [3.05, 3.63) is 29.8 Å². The molecule has 1 aromatic carbocycles. The van der Waals surface area contributed by atoms with Crippen molar-refractivity contribution in [2.75, 3.05) is 13.7 Å². The second-order valence-corrected chi connectivity index (χ2v) is 6.66. The Labute approximate surface area is 167 Å². The van der Waals surface area contributed by atoms with Crippen molar-refractivity contribution >= 4 is 11.9 Å². The number of carboxylic acid groups (broad SMARTS) is 1. The number of methoxy groups -OCH3 is 1. The van der Waals surface area contributed by atoms with Gasteiger partial charge in [-0.1, -0.05) is 12.1 Å². The zero-order valence-electron chi connectivity index (χ0n) is 16.5. The summed E-state index contributed by atoms with van der Waals surface area (Å²) in [4.78, 5) is 23.7. The summed E-state index contributed by atoms with van der Waals surface area (Å²) in [5.74, 6) is -7.22. The summed E-state index contributed by atoms with van der Waals surface area (Å²) in [6, 6.07) is 4.25. The Morgan fingerprint density at radius 1 is 1.41 bits per heavy atom. The van der Waals surface area contributed by atoms with Gasteiger partial charge in [0.2, 0.25) is 5.91 Å². The smallest absolute Gasteiger partial charge is 0.365 e. The molecule has 11 nitrogen and oxygen atoms in total. The van der Waals surface area contributed by atoms with Gasteiger partial charge >= 0.3 is 5.97 Å². The lowest BCUT2D eigenvalue weighted by Crippen LogP contribution is -2.70. The first kappa shape index (κ1) is 21.4. The third-order valence-electron chi connectivity index (χ3n) is 4.81. The number of aliphatic carboxylic acids is 1. The first-order chi connectivity index (χ1) is 14.1. The van der Waals surface area contributed by atoms with Gasteiger partial charge in [-0.25, -0.2) is 4.79 Å². The molecule has 1 aromatic rings. The molecule has 1 amide bonds. The molecule has 7 N–H and O–H groups in total. The van der Waals surface area contributed by atoms with E-state index in [9.17, 15) is 35.1 Å². The van der Waals surface area contributed by atoms with Gasteiger partial charge in [-0.15, -0.1) is 0 Å². The van der Waals surface area contributed by atoms with E-state index in [0.717, 1.165) is 0 Å². The maximum absolute atomic E-state index is 11.9. The molecule has 1 fully saturated rings. The van der Waals surface area contributed by atoms with Crippen molar-refractivity contribution in [2.24, 2.45) is 0 Å². The largest absolute Gasteiger partial charge is 0.497 e. The third kappa shape index (κ3) is 4.50. The lowest BCUT2D eigenvalue weighted by molar-refractivity contribution is -0.305. The lowest BCUT2D eigenvalue weighted by Gasteiger charge is -2.49. The number of hydrogen-bond donors (Lipinski definition) is 7. The Bertz CT molecular complexity index is 764. The number of aliphatic hydroxyl groups is 5. The molecule has 1 aliphatic heterocycles. The van der Waals surface area contributed by atoms with Crippen LogP contribution in [0.5, 0.6) is 5.75 Å². The van der Waals surface area contributed by atoms with Gasteiger partial charge in [0.25, 0.3) is 5.79 Å². The van der Waals surface area contributed by atoms with Crippen LogP contribution in [0.25, 0.3) is 0 Å². The molecule has 1 saturated heterocycles. The van der Waals surface area contributed by atoms with Crippen LogP contribution in [0.4, 0.5) is 0 Å². The molecule has 11 heteroatoms. The fourth-order valence-electron chi connectivity index (χ4n) is 3.39. The second kappa shape index (κ2) is 9.03. The first-order valence-corrected chi connectivity index (χ1v) is 8.61. The Balaban J connectivity index is 2.58. The molecule has 0 saturated carbocycles. The van der Waals surface area contributed by atoms with E-state index in [4.69, 9.17) is 16.0 Å². The summed E-state index contributed by atoms with van der Waals surface area (Å²) in [5.41, 5.74) is 0.0903. The SMILES string of the molecule is [2H]CC(=O)N[C@H]1[C@H]([C@H](O)[C@H](O)CO)OC(O)(C(=O)O)C(c2cccc(OC)c2)[C@@H]1O. The minimum atomic E-state index is -3.07. The van der Waals surface area contributed by atoms with Gasteiger partial charge < -0.3 is 45.4 Å². The summed E-state index contributed by atoms with van der Waals surface area (Å²) < 4.78 is 17.5. The minimum absolute atomic E-state index is 0.0903. The average molecular weight is 416 g/mol. The van der Waals surface area contributed by atoms with Crippen LogP contribution in [0.2, 0.25) is 0 Å². The highest BCUT2D eigenvalue weighted by Gasteiger charge is 2.60. The molecule has 0 aromatic heterocycles. The van der Waals surface area contributed by atoms with Crippen molar-refractivity contribution in [1.29, 1.82) is 0 Å². The number of rotatable bonds is 7. The number of amides is 1. The second-order valence-electron chi connectivity index (χ2n) is 6.66. The van der Waals surface area contributed by atoms with Crippen LogP contribution < -0.4 is 10.1 Å². The molecule has 0 spiro atoms. The van der Waals surface area contributed by atoms with Crippen molar-refractivity contribution in [3.63, 3.8) is 0 Å². The van der Waals surface area contributed by atoms with E-state index in [1.165, 1.54) is 25.3 Å². The summed E-state index contributed by atoms with van der Waals surface area (Å²) in [5, 5.41) is 62.9. The van der Waals surface area contributed by atoms with E-state index >= 15 is 0 Å². The fraction of sp³-hybridized carbons (Fsp3) is 0.556. The molecule has 0 radical (unpaired) electrons. The monoisotopic (exact) mass is 416 g/mol. The van der Waals surface area contributed by atoms with Gasteiger partial charge in [0.1, 0.15) is 24.1 Å². The predicted molar refractivity (Wildman–Crippen MR) is 95.9 cm³/mol. The third-order valence-corrected chi connectivity index (χ3v) is 4.81. The van der Waals surface area contributed by atoms with Crippen LogP contribution in [0.15, 0.2) is 24.3 Å². The summed E-state index contributed by atoms with van der Waals surface area (Å²) in [7, 11) is 1.36. The highest BCUT2D eigenvalue weighted by atomic mass is 16.7. The number of benzene rings is 1. The molecular weight excluding hydrogens is 390 g/mol. The quantitative estimate of drug-likeness (QED) is 0.251. The van der Waals surface area contributed by atoms with Crippen LogP contribution in [0.1, 0.15) is 19.8 Å². The number of hydrogen-bond acceptors (Lipinski definition) is 9. The Kier molecular flexibility index (Phi) is 6.67. The van der Waals surface area contributed by atoms with E-state index in [2.05, 4.69) is 5.32 Å². The van der Waals surface area contributed by atoms with Crippen molar-refractivity contribution in [1.82, 2.24) is 5.32 Å². The molecule has 7 atom stereocenters. The van der Waals surface area contributed by atoms with Gasteiger partial charge in [-0.3, -0.25) is 4.79 Å². The zero-order valence-corrected chi connectivity index (χ0v) is 15.5. The Morgan fingerprint density at radius 2 is 2.10 bits per heavy atom. The van der Waals surface area contributed by atoms with Gasteiger partial charge in [0.05, 0.1) is 31.8 Å². The van der Waals surface area contributed by atoms with Crippen LogP contribution in [0.3, 0.4) is 0 Å². The highest BCUT2D eigenvalue weighted by molar-refractivity contribution is 5.78. The molecule has 2 unspecified atom stereocenters. The first-order valence-electron chi connectivity index (χ1n) is 9.32. The molecule has 162 valence electrons. The van der Waals surface area contributed by atoms with Crippen molar-refractivity contribution < 1.29 is 51.1 Å². The van der Waals surface area contributed by atoms with Gasteiger partial charge in [0, 0.05) is 8.27 Å². The van der Waals surface area contributed by atoms with E-state index < -0.39 is 67.5 Å². The van der Waals surface area contributed by atoms with Crippen LogP contribution in [-0.4, -0.2) is 92.5 Å². The molecule has 0 aliphatic carbocycles. The Hall–Kier alpha value is -2.28. The number of ether oxygens (including phenoxy) is 2. The predicted octanol–water partition coefficient (Wildman–Crippen LogP) is -2.47. The summed E-state index contributed by atoms with van der Waals surface area (Å²) >= 11 is 0. The van der Waals surface area contributed by atoms with Gasteiger partial charge in [0.15, 0.2) is 0 Å². The maximum atomic E-state index is 11.9. The fourth-order valence-corrected chi connectivity index (χ4v) is 3.39. The van der Waals surface area contributed by atoms with Crippen molar-refractivity contribution in [2.45, 2.75) is 49.1 Å². The van der Waals surface area contributed by atoms with E-state index in [-0.39, 0.29) is 11.3 Å². The van der Waals surface area contributed by atoms with Crippen LogP contribution in [0, 0.1) is 0 Å². The number of nitrogens with one attached hydrogen (secondary N) is 1. The van der Waals surface area contributed by atoms with E-state index in [1.807, 2.05) is 0 Å². The van der Waals surface area contributed by atoms with Crippen LogP contribution >= 0.6 is 0 Å². The van der Waals surface area contributed by atoms with Gasteiger partial charge in [-0.2, -0.15) is 0 Å². The summed E-state index contributed by atoms with van der Waals surface area (Å²) in [6.07, 6.45) is -7.49. The summed E-state index contributed by atoms with van der Waals surface area (Å²) in [6.45, 7) is -1.69. The number of carbonyl (C=O) groups excluding carboxylic acids is 1. The number of aliphatic hydroxyl groups excluding tert-OH is 4. The standard InChI is InChI=1S/C18H25NO10/c1-8(21)19-13-15(24)12(9-4-3-5-10(6-9)28-2)18(27,17(25)26)29-16(13)14(23)11(22)7-20/h3-6,11-16,20,22-24,27H,7H2,1-2H3,(H,19,21)(H,25,26)/t11-,12?,13-,14-,15+,16-,18?/m1/s1/i1D. The molecule has 2 rings (SSSR count). The number of carboxylic acids is 1. The van der Waals surface area contributed by atoms with E-state index in [0.29, 0.717) is 0 Å². The molecule has 0 bridgehead atoms. The zero-order chi connectivity index (χ0) is 22.6.